The Morgan fingerprint density at radius 3 is 2.58 bits per heavy atom. The van der Waals surface area contributed by atoms with Crippen LogP contribution in [0.25, 0.3) is 0 Å². The van der Waals surface area contributed by atoms with Gasteiger partial charge in [-0.25, -0.2) is 12.7 Å². The van der Waals surface area contributed by atoms with E-state index in [-0.39, 0.29) is 10.5 Å². The lowest BCUT2D eigenvalue weighted by Crippen LogP contribution is -2.37. The fraction of sp³-hybridized carbons (Fsp3) is 0.125. The zero-order chi connectivity index (χ0) is 17.5. The molecule has 0 radical (unpaired) electrons. The van der Waals surface area contributed by atoms with Crippen LogP contribution in [0, 0.1) is 10.5 Å². The lowest BCUT2D eigenvalue weighted by Gasteiger charge is -2.15. The lowest BCUT2D eigenvalue weighted by atomic mass is 10.2. The van der Waals surface area contributed by atoms with Gasteiger partial charge in [0.25, 0.3) is 15.9 Å². The molecule has 1 aliphatic heterocycles. The maximum absolute atomic E-state index is 12.4. The highest BCUT2D eigenvalue weighted by Gasteiger charge is 2.41. The van der Waals surface area contributed by atoms with E-state index in [1.54, 1.807) is 18.2 Å². The van der Waals surface area contributed by atoms with E-state index in [4.69, 9.17) is 0 Å². The maximum atomic E-state index is 12.4. The summed E-state index contributed by atoms with van der Waals surface area (Å²) in [5.74, 6) is -1.25. The van der Waals surface area contributed by atoms with Gasteiger partial charge in [0.05, 0.1) is 5.56 Å². The van der Waals surface area contributed by atoms with Crippen molar-refractivity contribution < 1.29 is 18.0 Å². The van der Waals surface area contributed by atoms with E-state index in [2.05, 4.69) is 27.9 Å². The normalized spacial score (nSPS) is 15.2. The van der Waals surface area contributed by atoms with Crippen molar-refractivity contribution in [2.75, 3.05) is 11.9 Å². The molecule has 1 aliphatic rings. The molecule has 0 atom stereocenters. The Kier molecular flexibility index (Phi) is 4.35. The first kappa shape index (κ1) is 16.9. The first-order valence-corrected chi connectivity index (χ1v) is 9.54. The largest absolute Gasteiger partial charge is 0.324 e. The number of carbonyl (C=O) groups is 2. The minimum atomic E-state index is -3.98. The molecule has 6 nitrogen and oxygen atoms in total. The number of nitrogens with one attached hydrogen (secondary N) is 1. The number of amides is 2. The van der Waals surface area contributed by atoms with Crippen LogP contribution in [0.1, 0.15) is 15.9 Å². The van der Waals surface area contributed by atoms with Crippen molar-refractivity contribution in [1.82, 2.24) is 4.31 Å². The summed E-state index contributed by atoms with van der Waals surface area (Å²) in [5, 5.41) is 2.65. The monoisotopic (exact) mass is 456 g/mol. The molecule has 0 spiro atoms. The van der Waals surface area contributed by atoms with Gasteiger partial charge in [-0.15, -0.1) is 0 Å². The average Bonchev–Trinajstić information content (AvgIpc) is 2.72. The molecule has 0 bridgehead atoms. The van der Waals surface area contributed by atoms with Crippen molar-refractivity contribution in [3.63, 3.8) is 0 Å². The molecule has 2 aromatic carbocycles. The van der Waals surface area contributed by atoms with Crippen LogP contribution >= 0.6 is 22.6 Å². The van der Waals surface area contributed by atoms with Gasteiger partial charge in [0, 0.05) is 9.26 Å². The van der Waals surface area contributed by atoms with E-state index in [9.17, 15) is 18.0 Å². The molecule has 0 aliphatic carbocycles. The molecule has 2 amide bonds. The van der Waals surface area contributed by atoms with Gasteiger partial charge in [-0.1, -0.05) is 12.1 Å². The van der Waals surface area contributed by atoms with Gasteiger partial charge in [-0.05, 0) is 65.4 Å². The molecule has 8 heteroatoms. The second-order valence-electron chi connectivity index (χ2n) is 5.32. The number of sulfonamides is 1. The minimum Gasteiger partial charge on any atom is -0.324 e. The van der Waals surface area contributed by atoms with E-state index >= 15 is 0 Å². The van der Waals surface area contributed by atoms with Crippen molar-refractivity contribution >= 4 is 50.1 Å². The molecule has 1 N–H and O–H groups in total. The molecule has 24 heavy (non-hydrogen) atoms. The predicted molar refractivity (Wildman–Crippen MR) is 97.2 cm³/mol. The summed E-state index contributed by atoms with van der Waals surface area (Å²) in [4.78, 5) is 24.4. The number of rotatable bonds is 3. The number of aryl methyl sites for hydroxylation is 1. The van der Waals surface area contributed by atoms with Gasteiger partial charge in [0.1, 0.15) is 11.4 Å². The molecule has 0 saturated carbocycles. The molecule has 0 saturated heterocycles. The maximum Gasteiger partial charge on any atom is 0.269 e. The minimum absolute atomic E-state index is 0.0618. The summed E-state index contributed by atoms with van der Waals surface area (Å²) in [6.07, 6.45) is 0. The molecule has 1 heterocycles. The summed E-state index contributed by atoms with van der Waals surface area (Å²) < 4.78 is 26.5. The van der Waals surface area contributed by atoms with Gasteiger partial charge >= 0.3 is 0 Å². The van der Waals surface area contributed by atoms with Gasteiger partial charge in [-0.3, -0.25) is 9.59 Å². The van der Waals surface area contributed by atoms with Gasteiger partial charge in [0.2, 0.25) is 5.91 Å². The zero-order valence-corrected chi connectivity index (χ0v) is 15.6. The van der Waals surface area contributed by atoms with Crippen LogP contribution in [0.4, 0.5) is 5.69 Å². The second kappa shape index (κ2) is 6.17. The van der Waals surface area contributed by atoms with Gasteiger partial charge < -0.3 is 5.32 Å². The van der Waals surface area contributed by atoms with E-state index in [1.807, 2.05) is 19.1 Å². The smallest absolute Gasteiger partial charge is 0.269 e. The van der Waals surface area contributed by atoms with Crippen LogP contribution < -0.4 is 5.32 Å². The van der Waals surface area contributed by atoms with Crippen molar-refractivity contribution in [2.45, 2.75) is 11.8 Å². The van der Waals surface area contributed by atoms with E-state index in [0.29, 0.717) is 9.99 Å². The lowest BCUT2D eigenvalue weighted by molar-refractivity contribution is -0.116. The highest BCUT2D eigenvalue weighted by molar-refractivity contribution is 14.1. The highest BCUT2D eigenvalue weighted by Crippen LogP contribution is 2.29. The van der Waals surface area contributed by atoms with Crippen molar-refractivity contribution in [2.24, 2.45) is 0 Å². The number of benzene rings is 2. The van der Waals surface area contributed by atoms with Crippen LogP contribution in [0.3, 0.4) is 0 Å². The van der Waals surface area contributed by atoms with Crippen molar-refractivity contribution in [3.8, 4) is 0 Å². The fourth-order valence-corrected chi connectivity index (χ4v) is 4.65. The SMILES string of the molecule is Cc1cc(I)ccc1NC(=O)CN1C(=O)c2ccccc2S1(=O)=O. The molecule has 0 fully saturated rings. The Hall–Kier alpha value is -1.94. The van der Waals surface area contributed by atoms with Crippen molar-refractivity contribution in [1.29, 1.82) is 0 Å². The number of hydrogen-bond donors (Lipinski definition) is 1. The number of fused-ring (bicyclic) bond motifs is 1. The Bertz CT molecular complexity index is 956. The summed E-state index contributed by atoms with van der Waals surface area (Å²) in [5.41, 5.74) is 1.53. The molecular formula is C16H13IN2O4S. The van der Waals surface area contributed by atoms with Crippen LogP contribution in [-0.2, 0) is 14.8 Å². The molecule has 0 unspecified atom stereocenters. The Balaban J connectivity index is 1.82. The second-order valence-corrected chi connectivity index (χ2v) is 8.40. The number of hydrogen-bond acceptors (Lipinski definition) is 4. The van der Waals surface area contributed by atoms with Gasteiger partial charge in [-0.2, -0.15) is 0 Å². The summed E-state index contributed by atoms with van der Waals surface area (Å²) >= 11 is 2.16. The van der Waals surface area contributed by atoms with E-state index < -0.39 is 28.4 Å². The highest BCUT2D eigenvalue weighted by atomic mass is 127. The molecule has 124 valence electrons. The third kappa shape index (κ3) is 2.91. The third-order valence-electron chi connectivity index (χ3n) is 3.66. The Labute approximate surface area is 153 Å². The summed E-state index contributed by atoms with van der Waals surface area (Å²) in [7, 11) is -3.98. The summed E-state index contributed by atoms with van der Waals surface area (Å²) in [6.45, 7) is 1.28. The van der Waals surface area contributed by atoms with Gasteiger partial charge in [0.15, 0.2) is 0 Å². The third-order valence-corrected chi connectivity index (χ3v) is 6.12. The average molecular weight is 456 g/mol. The van der Waals surface area contributed by atoms with Crippen LogP contribution in [-0.4, -0.2) is 31.1 Å². The number of nitrogens with zero attached hydrogens (tertiary/aromatic N) is 1. The van der Waals surface area contributed by atoms with Crippen LogP contribution in [0.2, 0.25) is 0 Å². The number of anilines is 1. The molecule has 0 aromatic heterocycles. The predicted octanol–water partition coefficient (Wildman–Crippen LogP) is 2.38. The van der Waals surface area contributed by atoms with E-state index in [0.717, 1.165) is 9.13 Å². The first-order valence-electron chi connectivity index (χ1n) is 7.03. The van der Waals surface area contributed by atoms with E-state index in [1.165, 1.54) is 12.1 Å². The quantitative estimate of drug-likeness (QED) is 0.720. The molecular weight excluding hydrogens is 443 g/mol. The van der Waals surface area contributed by atoms with Crippen LogP contribution in [0.15, 0.2) is 47.4 Å². The zero-order valence-electron chi connectivity index (χ0n) is 12.6. The first-order chi connectivity index (χ1) is 11.3. The van der Waals surface area contributed by atoms with Crippen molar-refractivity contribution in [3.05, 3.63) is 57.2 Å². The topological polar surface area (TPSA) is 83.6 Å². The molecule has 3 rings (SSSR count). The number of halogens is 1. The molecule has 2 aromatic rings. The fourth-order valence-electron chi connectivity index (χ4n) is 2.47. The standard InChI is InChI=1S/C16H13IN2O4S/c1-10-8-11(17)6-7-13(10)18-15(20)9-19-16(21)12-4-2-3-5-14(12)24(19,22)23/h2-8H,9H2,1H3,(H,18,20). The Morgan fingerprint density at radius 2 is 1.92 bits per heavy atom. The number of carbonyl (C=O) groups excluding carboxylic acids is 2. The summed E-state index contributed by atoms with van der Waals surface area (Å²) in [6, 6.07) is 11.4. The Morgan fingerprint density at radius 1 is 1.21 bits per heavy atom. The van der Waals surface area contributed by atoms with Crippen LogP contribution in [0.5, 0.6) is 0 Å².